The van der Waals surface area contributed by atoms with Gasteiger partial charge in [-0.2, -0.15) is 5.26 Å². The first-order valence-electron chi connectivity index (χ1n) is 12.5. The molecular formula is C29H33N5O4S. The molecule has 10 heteroatoms. The van der Waals surface area contributed by atoms with Crippen molar-refractivity contribution in [3.05, 3.63) is 79.7 Å². The second kappa shape index (κ2) is 12.6. The third-order valence-electron chi connectivity index (χ3n) is 5.92. The molecule has 1 aromatic heterocycles. The summed E-state index contributed by atoms with van der Waals surface area (Å²) in [5.74, 6) is -0.800. The number of aliphatic hydroxyl groups is 1. The van der Waals surface area contributed by atoms with Crippen molar-refractivity contribution in [1.82, 2.24) is 9.88 Å². The number of benzene rings is 2. The Kier molecular flexibility index (Phi) is 9.46. The number of nitrogens with zero attached hydrogens (tertiary/aromatic N) is 2. The number of hydrogen-bond acceptors (Lipinski definition) is 7. The third kappa shape index (κ3) is 7.22. The third-order valence-corrected chi connectivity index (χ3v) is 7.05. The summed E-state index contributed by atoms with van der Waals surface area (Å²) in [5.41, 5.74) is 0.778. The predicted molar refractivity (Wildman–Crippen MR) is 154 cm³/mol. The summed E-state index contributed by atoms with van der Waals surface area (Å²) >= 11 is 1.02. The van der Waals surface area contributed by atoms with E-state index in [1.165, 1.54) is 10.8 Å². The van der Waals surface area contributed by atoms with Gasteiger partial charge in [0.15, 0.2) is 5.57 Å². The van der Waals surface area contributed by atoms with Gasteiger partial charge in [-0.15, -0.1) is 11.3 Å². The van der Waals surface area contributed by atoms with Gasteiger partial charge in [0, 0.05) is 29.5 Å². The lowest BCUT2D eigenvalue weighted by molar-refractivity contribution is -0.123. The minimum atomic E-state index is -0.969. The van der Waals surface area contributed by atoms with E-state index in [9.17, 15) is 24.8 Å². The van der Waals surface area contributed by atoms with Crippen LogP contribution < -0.4 is 30.7 Å². The Bertz CT molecular complexity index is 1560. The van der Waals surface area contributed by atoms with Gasteiger partial charge in [-0.05, 0) is 37.6 Å². The lowest BCUT2D eigenvalue weighted by Crippen LogP contribution is -2.40. The summed E-state index contributed by atoms with van der Waals surface area (Å²) in [6.45, 7) is 9.13. The minimum absolute atomic E-state index is 0.124. The first-order valence-corrected chi connectivity index (χ1v) is 13.3. The van der Waals surface area contributed by atoms with Gasteiger partial charge in [0.1, 0.15) is 15.3 Å². The second-order valence-corrected chi connectivity index (χ2v) is 11.0. The molecular weight excluding hydrogens is 514 g/mol. The maximum Gasteiger partial charge on any atom is 0.270 e. The van der Waals surface area contributed by atoms with Crippen LogP contribution in [0.2, 0.25) is 0 Å². The van der Waals surface area contributed by atoms with Crippen LogP contribution in [0.4, 0.5) is 11.4 Å². The van der Waals surface area contributed by atoms with Gasteiger partial charge < -0.3 is 21.1 Å². The van der Waals surface area contributed by atoms with Crippen molar-refractivity contribution < 1.29 is 14.7 Å². The molecule has 1 heterocycles. The van der Waals surface area contributed by atoms with E-state index in [2.05, 4.69) is 16.0 Å². The number of aromatic nitrogens is 1. The standard InChI is InChI=1S/C29H33N5O4S/c1-6-34-26(37)23(17-31-20-13-10-14-21(15-20)33-28(38)29(3,4)5)39-27(34)22(16-30)25(36)32-18(2)24(35)19-11-8-7-9-12-19/h7-15,17-18,24,31,35H,6H2,1-5H3,(H,32,36)(H,33,38)/t18-,24-/m1/s1. The Hall–Kier alpha value is -4.20. The van der Waals surface area contributed by atoms with Gasteiger partial charge in [-0.25, -0.2) is 0 Å². The first-order chi connectivity index (χ1) is 18.5. The van der Waals surface area contributed by atoms with E-state index in [4.69, 9.17) is 0 Å². The number of aliphatic hydroxyl groups excluding tert-OH is 1. The van der Waals surface area contributed by atoms with Crippen LogP contribution in [0.25, 0.3) is 11.8 Å². The van der Waals surface area contributed by atoms with Crippen molar-refractivity contribution >= 4 is 46.3 Å². The maximum absolute atomic E-state index is 13.1. The fourth-order valence-electron chi connectivity index (χ4n) is 3.64. The fraction of sp³-hybridized carbons (Fsp3) is 0.310. The summed E-state index contributed by atoms with van der Waals surface area (Å²) in [6.07, 6.45) is 0.547. The highest BCUT2D eigenvalue weighted by atomic mass is 32.1. The average Bonchev–Trinajstić information content (AvgIpc) is 3.22. The highest BCUT2D eigenvalue weighted by molar-refractivity contribution is 7.07. The maximum atomic E-state index is 13.1. The minimum Gasteiger partial charge on any atom is -0.386 e. The SMILES string of the molecule is CCn1c(=C(C#N)C(=O)N[C@H](C)[C@@H](O)c2ccccc2)sc(=CNc2cccc(NC(=O)C(C)(C)C)c2)c1=O. The van der Waals surface area contributed by atoms with Crippen molar-refractivity contribution in [2.45, 2.75) is 53.3 Å². The van der Waals surface area contributed by atoms with Crippen molar-refractivity contribution in [2.24, 2.45) is 5.41 Å². The van der Waals surface area contributed by atoms with Crippen LogP contribution in [-0.4, -0.2) is 27.5 Å². The zero-order chi connectivity index (χ0) is 28.7. The highest BCUT2D eigenvalue weighted by Gasteiger charge is 2.23. The molecule has 0 aliphatic heterocycles. The van der Waals surface area contributed by atoms with Crippen LogP contribution in [-0.2, 0) is 16.1 Å². The summed E-state index contributed by atoms with van der Waals surface area (Å²) in [7, 11) is 0. The molecule has 0 saturated carbocycles. The number of hydrogen-bond donors (Lipinski definition) is 4. The Morgan fingerprint density at radius 1 is 1.13 bits per heavy atom. The first kappa shape index (κ1) is 29.4. The molecule has 0 unspecified atom stereocenters. The van der Waals surface area contributed by atoms with Gasteiger partial charge in [-0.1, -0.05) is 57.2 Å². The van der Waals surface area contributed by atoms with Crippen LogP contribution in [0.1, 0.15) is 46.3 Å². The number of rotatable bonds is 8. The number of amides is 2. The van der Waals surface area contributed by atoms with E-state index in [1.807, 2.05) is 32.9 Å². The van der Waals surface area contributed by atoms with Crippen LogP contribution >= 0.6 is 11.3 Å². The van der Waals surface area contributed by atoms with Gasteiger partial charge in [-0.3, -0.25) is 19.0 Å². The average molecular weight is 548 g/mol. The van der Waals surface area contributed by atoms with Crippen LogP contribution in [0.3, 0.4) is 0 Å². The van der Waals surface area contributed by atoms with Gasteiger partial charge in [0.05, 0.1) is 12.1 Å². The lowest BCUT2D eigenvalue weighted by Gasteiger charge is -2.20. The topological polar surface area (TPSA) is 136 Å². The molecule has 0 aliphatic rings. The summed E-state index contributed by atoms with van der Waals surface area (Å²) < 4.78 is 1.89. The lowest BCUT2D eigenvalue weighted by atomic mass is 9.95. The number of thiazole rings is 1. The zero-order valence-corrected chi connectivity index (χ0v) is 23.4. The molecule has 2 amide bonds. The molecule has 0 spiro atoms. The fourth-order valence-corrected chi connectivity index (χ4v) is 4.73. The number of nitrogens with one attached hydrogen (secondary N) is 3. The van der Waals surface area contributed by atoms with Crippen molar-refractivity contribution in [1.29, 1.82) is 5.26 Å². The van der Waals surface area contributed by atoms with Crippen molar-refractivity contribution in [2.75, 3.05) is 10.6 Å². The Morgan fingerprint density at radius 3 is 2.41 bits per heavy atom. The summed E-state index contributed by atoms with van der Waals surface area (Å²) in [6, 6.07) is 17.2. The molecule has 204 valence electrons. The summed E-state index contributed by atoms with van der Waals surface area (Å²) in [4.78, 5) is 38.4. The smallest absolute Gasteiger partial charge is 0.270 e. The number of anilines is 2. The number of carbonyl (C=O) groups excluding carboxylic acids is 2. The highest BCUT2D eigenvalue weighted by Crippen LogP contribution is 2.20. The predicted octanol–water partition coefficient (Wildman–Crippen LogP) is 2.68. The van der Waals surface area contributed by atoms with Crippen molar-refractivity contribution in [3.63, 3.8) is 0 Å². The molecule has 0 radical (unpaired) electrons. The van der Waals surface area contributed by atoms with E-state index in [0.717, 1.165) is 11.3 Å². The number of nitriles is 1. The van der Waals surface area contributed by atoms with Gasteiger partial charge in [0.25, 0.3) is 11.5 Å². The van der Waals surface area contributed by atoms with Gasteiger partial charge in [0.2, 0.25) is 5.91 Å². The number of carbonyl (C=O) groups is 2. The van der Waals surface area contributed by atoms with E-state index in [-0.39, 0.29) is 28.2 Å². The van der Waals surface area contributed by atoms with E-state index in [0.29, 0.717) is 21.5 Å². The molecule has 0 fully saturated rings. The normalized spacial score (nSPS) is 14.1. The second-order valence-electron chi connectivity index (χ2n) is 10.00. The molecule has 2 aromatic carbocycles. The molecule has 9 nitrogen and oxygen atoms in total. The monoisotopic (exact) mass is 547 g/mol. The molecule has 2 atom stereocenters. The van der Waals surface area contributed by atoms with E-state index in [1.54, 1.807) is 62.4 Å². The Labute approximate surface area is 231 Å². The molecule has 3 aromatic rings. The summed E-state index contributed by atoms with van der Waals surface area (Å²) in [5, 5.41) is 29.0. The Morgan fingerprint density at radius 2 is 1.79 bits per heavy atom. The largest absolute Gasteiger partial charge is 0.386 e. The quantitative estimate of drug-likeness (QED) is 0.342. The molecule has 0 saturated heterocycles. The molecule has 39 heavy (non-hydrogen) atoms. The molecule has 0 aliphatic carbocycles. The molecule has 3 rings (SSSR count). The molecule has 0 bridgehead atoms. The van der Waals surface area contributed by atoms with Crippen molar-refractivity contribution in [3.8, 4) is 6.07 Å². The zero-order valence-electron chi connectivity index (χ0n) is 22.6. The Balaban J connectivity index is 1.90. The van der Waals surface area contributed by atoms with Gasteiger partial charge >= 0.3 is 0 Å². The van der Waals surface area contributed by atoms with Crippen LogP contribution in [0, 0.1) is 16.7 Å². The molecule has 4 N–H and O–H groups in total. The van der Waals surface area contributed by atoms with E-state index >= 15 is 0 Å². The van der Waals surface area contributed by atoms with E-state index < -0.39 is 23.5 Å². The van der Waals surface area contributed by atoms with Crippen LogP contribution in [0.5, 0.6) is 0 Å². The van der Waals surface area contributed by atoms with Crippen LogP contribution in [0.15, 0.2) is 59.4 Å².